The van der Waals surface area contributed by atoms with Crippen molar-refractivity contribution in [1.29, 1.82) is 0 Å². The van der Waals surface area contributed by atoms with Gasteiger partial charge in [0.1, 0.15) is 5.82 Å². The Morgan fingerprint density at radius 1 is 1.21 bits per heavy atom. The van der Waals surface area contributed by atoms with E-state index in [4.69, 9.17) is 0 Å². The molecule has 2 nitrogen and oxygen atoms in total. The van der Waals surface area contributed by atoms with Gasteiger partial charge in [0.25, 0.3) is 0 Å². The molecule has 0 aliphatic carbocycles. The van der Waals surface area contributed by atoms with Crippen molar-refractivity contribution in [2.45, 2.75) is 13.3 Å². The molecule has 19 heavy (non-hydrogen) atoms. The Hall–Kier alpha value is -2.16. The van der Waals surface area contributed by atoms with Crippen molar-refractivity contribution < 1.29 is 9.18 Å². The van der Waals surface area contributed by atoms with Gasteiger partial charge in [-0.1, -0.05) is 24.3 Å². The van der Waals surface area contributed by atoms with Crippen molar-refractivity contribution in [3.63, 3.8) is 0 Å². The van der Waals surface area contributed by atoms with Crippen LogP contribution in [0.4, 0.5) is 10.1 Å². The molecule has 96 valence electrons. The van der Waals surface area contributed by atoms with Crippen LogP contribution in [0, 0.1) is 12.7 Å². The largest absolute Gasteiger partial charge is 0.384 e. The van der Waals surface area contributed by atoms with Gasteiger partial charge in [-0.05, 0) is 41.7 Å². The van der Waals surface area contributed by atoms with Crippen molar-refractivity contribution in [2.24, 2.45) is 0 Å². The number of anilines is 1. The molecule has 0 amide bonds. The van der Waals surface area contributed by atoms with Gasteiger partial charge in [-0.25, -0.2) is 4.39 Å². The van der Waals surface area contributed by atoms with Gasteiger partial charge in [-0.3, -0.25) is 4.79 Å². The molecule has 3 rings (SSSR count). The number of benzene rings is 2. The maximum Gasteiger partial charge on any atom is 0.153 e. The number of aryl methyl sites for hydroxylation is 1. The number of nitrogens with one attached hydrogen (secondary N) is 1. The highest BCUT2D eigenvalue weighted by atomic mass is 19.1. The first-order chi connectivity index (χ1) is 9.22. The van der Waals surface area contributed by atoms with Crippen LogP contribution < -0.4 is 5.32 Å². The highest BCUT2D eigenvalue weighted by Gasteiger charge is 2.19. The molecule has 0 radical (unpaired) electrons. The van der Waals surface area contributed by atoms with E-state index < -0.39 is 5.82 Å². The second-order valence-corrected chi connectivity index (χ2v) is 4.78. The van der Waals surface area contributed by atoms with Crippen molar-refractivity contribution in [3.8, 4) is 11.1 Å². The van der Waals surface area contributed by atoms with E-state index in [1.165, 1.54) is 17.2 Å². The van der Waals surface area contributed by atoms with Gasteiger partial charge in [0.05, 0.1) is 5.56 Å². The lowest BCUT2D eigenvalue weighted by atomic mass is 9.93. The minimum atomic E-state index is -0.465. The molecule has 0 spiro atoms. The van der Waals surface area contributed by atoms with Crippen LogP contribution >= 0.6 is 0 Å². The van der Waals surface area contributed by atoms with E-state index in [0.717, 1.165) is 24.2 Å². The molecule has 1 aliphatic rings. The summed E-state index contributed by atoms with van der Waals surface area (Å²) >= 11 is 0. The Balaban J connectivity index is 2.27. The number of carbonyl (C=O) groups is 1. The molecule has 0 unspecified atom stereocenters. The average molecular weight is 255 g/mol. The third-order valence-corrected chi connectivity index (χ3v) is 3.66. The molecule has 1 N–H and O–H groups in total. The molecule has 2 aromatic carbocycles. The molecule has 3 heteroatoms. The Morgan fingerprint density at radius 2 is 2.05 bits per heavy atom. The lowest BCUT2D eigenvalue weighted by Crippen LogP contribution is -1.96. The molecular formula is C16H14FNO. The lowest BCUT2D eigenvalue weighted by molar-refractivity contribution is 0.112. The normalized spacial score (nSPS) is 12.9. The molecule has 0 aromatic heterocycles. The van der Waals surface area contributed by atoms with Gasteiger partial charge in [0, 0.05) is 12.2 Å². The average Bonchev–Trinajstić information content (AvgIpc) is 2.89. The third kappa shape index (κ3) is 1.82. The molecule has 1 aliphatic heterocycles. The molecular weight excluding hydrogens is 241 g/mol. The number of carbonyl (C=O) groups excluding carboxylic acids is 1. The molecule has 0 atom stereocenters. The fourth-order valence-electron chi connectivity index (χ4n) is 2.73. The van der Waals surface area contributed by atoms with Crippen LogP contribution in [0.5, 0.6) is 0 Å². The van der Waals surface area contributed by atoms with E-state index in [1.807, 2.05) is 19.1 Å². The second-order valence-electron chi connectivity index (χ2n) is 4.78. The maximum absolute atomic E-state index is 13.7. The van der Waals surface area contributed by atoms with Crippen molar-refractivity contribution in [3.05, 3.63) is 52.8 Å². The van der Waals surface area contributed by atoms with Gasteiger partial charge >= 0.3 is 0 Å². The fraction of sp³-hybridized carbons (Fsp3) is 0.188. The fourth-order valence-corrected chi connectivity index (χ4v) is 2.73. The Morgan fingerprint density at radius 3 is 2.84 bits per heavy atom. The lowest BCUT2D eigenvalue weighted by Gasteiger charge is -2.12. The minimum absolute atomic E-state index is 0.139. The zero-order valence-electron chi connectivity index (χ0n) is 10.7. The van der Waals surface area contributed by atoms with Gasteiger partial charge in [-0.2, -0.15) is 0 Å². The summed E-state index contributed by atoms with van der Waals surface area (Å²) in [5, 5.41) is 3.35. The summed E-state index contributed by atoms with van der Waals surface area (Å²) < 4.78 is 13.7. The highest BCUT2D eigenvalue weighted by molar-refractivity contribution is 5.90. The Kier molecular flexibility index (Phi) is 2.82. The number of rotatable bonds is 2. The summed E-state index contributed by atoms with van der Waals surface area (Å²) in [6, 6.07) is 8.75. The van der Waals surface area contributed by atoms with Gasteiger partial charge in [-0.15, -0.1) is 0 Å². The van der Waals surface area contributed by atoms with E-state index in [-0.39, 0.29) is 5.56 Å². The first-order valence-corrected chi connectivity index (χ1v) is 6.33. The smallest absolute Gasteiger partial charge is 0.153 e. The molecule has 0 saturated heterocycles. The van der Waals surface area contributed by atoms with Crippen molar-refractivity contribution in [1.82, 2.24) is 0 Å². The number of hydrogen-bond donors (Lipinski definition) is 1. The third-order valence-electron chi connectivity index (χ3n) is 3.66. The molecule has 0 saturated carbocycles. The van der Waals surface area contributed by atoms with E-state index in [2.05, 4.69) is 5.32 Å². The standard InChI is InChI=1S/C16H14FNO/c1-10-5-6-12(13-7-8-18-16(10)13)11-3-2-4-15(17)14(11)9-19/h2-6,9,18H,7-8H2,1H3. The topological polar surface area (TPSA) is 29.1 Å². The molecule has 0 bridgehead atoms. The van der Waals surface area contributed by atoms with Crippen LogP contribution in [0.15, 0.2) is 30.3 Å². The number of fused-ring (bicyclic) bond motifs is 1. The van der Waals surface area contributed by atoms with E-state index in [0.29, 0.717) is 11.8 Å². The Bertz CT molecular complexity index is 664. The van der Waals surface area contributed by atoms with E-state index in [9.17, 15) is 9.18 Å². The quantitative estimate of drug-likeness (QED) is 0.831. The number of halogens is 1. The van der Waals surface area contributed by atoms with E-state index in [1.54, 1.807) is 12.1 Å². The Labute approximate surface area is 111 Å². The predicted octanol–water partition coefficient (Wildman–Crippen LogP) is 3.58. The van der Waals surface area contributed by atoms with Gasteiger partial charge in [0.15, 0.2) is 6.29 Å². The number of hydrogen-bond acceptors (Lipinski definition) is 2. The van der Waals surface area contributed by atoms with Gasteiger partial charge < -0.3 is 5.32 Å². The summed E-state index contributed by atoms with van der Waals surface area (Å²) in [7, 11) is 0. The van der Waals surface area contributed by atoms with Crippen LogP contribution in [0.25, 0.3) is 11.1 Å². The molecule has 1 heterocycles. The van der Waals surface area contributed by atoms with Crippen LogP contribution in [-0.4, -0.2) is 12.8 Å². The van der Waals surface area contributed by atoms with Crippen molar-refractivity contribution >= 4 is 12.0 Å². The predicted molar refractivity (Wildman–Crippen MR) is 74.2 cm³/mol. The summed E-state index contributed by atoms with van der Waals surface area (Å²) in [4.78, 5) is 11.1. The second kappa shape index (κ2) is 4.50. The minimum Gasteiger partial charge on any atom is -0.384 e. The maximum atomic E-state index is 13.7. The highest BCUT2D eigenvalue weighted by Crippen LogP contribution is 2.36. The zero-order valence-corrected chi connectivity index (χ0v) is 10.7. The van der Waals surface area contributed by atoms with E-state index >= 15 is 0 Å². The first-order valence-electron chi connectivity index (χ1n) is 6.33. The molecule has 0 fully saturated rings. The number of aldehydes is 1. The summed E-state index contributed by atoms with van der Waals surface area (Å²) in [5.74, 6) is -0.465. The van der Waals surface area contributed by atoms with Crippen LogP contribution in [0.2, 0.25) is 0 Å². The summed E-state index contributed by atoms with van der Waals surface area (Å²) in [5.41, 5.74) is 5.25. The van der Waals surface area contributed by atoms with Gasteiger partial charge in [0.2, 0.25) is 0 Å². The zero-order chi connectivity index (χ0) is 13.4. The van der Waals surface area contributed by atoms with Crippen LogP contribution in [-0.2, 0) is 6.42 Å². The monoisotopic (exact) mass is 255 g/mol. The van der Waals surface area contributed by atoms with Crippen LogP contribution in [0.1, 0.15) is 21.5 Å². The van der Waals surface area contributed by atoms with Crippen molar-refractivity contribution in [2.75, 3.05) is 11.9 Å². The first kappa shape index (κ1) is 11.9. The summed E-state index contributed by atoms with van der Waals surface area (Å²) in [6.07, 6.45) is 1.50. The van der Waals surface area contributed by atoms with Crippen LogP contribution in [0.3, 0.4) is 0 Å². The SMILES string of the molecule is Cc1ccc(-c2cccc(F)c2C=O)c2c1NCC2. The summed E-state index contributed by atoms with van der Waals surface area (Å²) in [6.45, 7) is 2.94. The molecule has 2 aromatic rings.